The number of fused-ring (bicyclic) bond motifs is 1. The summed E-state index contributed by atoms with van der Waals surface area (Å²) in [5, 5.41) is 2.58. The lowest BCUT2D eigenvalue weighted by atomic mass is 10.1. The molecule has 0 bridgehead atoms. The minimum Gasteiger partial charge on any atom is -0.486 e. The van der Waals surface area contributed by atoms with Gasteiger partial charge in [0.25, 0.3) is 0 Å². The molecule has 1 heterocycles. The van der Waals surface area contributed by atoms with Crippen molar-refractivity contribution in [3.05, 3.63) is 52.3 Å². The Morgan fingerprint density at radius 1 is 1.13 bits per heavy atom. The molecule has 1 amide bonds. The average Bonchev–Trinajstić information content (AvgIpc) is 2.55. The number of hydrogen-bond acceptors (Lipinski definition) is 3. The predicted octanol–water partition coefficient (Wildman–Crippen LogP) is 3.93. The van der Waals surface area contributed by atoms with E-state index in [4.69, 9.17) is 9.47 Å². The molecule has 1 aliphatic rings. The lowest BCUT2D eigenvalue weighted by molar-refractivity contribution is -0.116. The summed E-state index contributed by atoms with van der Waals surface area (Å²) in [6.45, 7) is 1.08. The summed E-state index contributed by atoms with van der Waals surface area (Å²) in [5.41, 5.74) is 1.15. The number of anilines is 1. The van der Waals surface area contributed by atoms with Crippen LogP contribution in [0.15, 0.2) is 40.9 Å². The maximum Gasteiger partial charge on any atom is 0.224 e. The van der Waals surface area contributed by atoms with Crippen molar-refractivity contribution < 1.29 is 18.7 Å². The average molecular weight is 380 g/mol. The summed E-state index contributed by atoms with van der Waals surface area (Å²) in [5.74, 6) is 0.725. The Balaban J connectivity index is 1.58. The standard InChI is InChI=1S/C17H15BrFNO3/c18-12-3-4-14(13(19)10-12)20-17(21)6-2-11-1-5-15-16(9-11)23-8-7-22-15/h1,3-5,9-10H,2,6-8H2,(H,20,21). The van der Waals surface area contributed by atoms with E-state index in [2.05, 4.69) is 21.2 Å². The summed E-state index contributed by atoms with van der Waals surface area (Å²) < 4.78 is 25.3. The summed E-state index contributed by atoms with van der Waals surface area (Å²) in [6.07, 6.45) is 0.801. The molecule has 1 aliphatic heterocycles. The quantitative estimate of drug-likeness (QED) is 0.875. The van der Waals surface area contributed by atoms with E-state index in [1.54, 1.807) is 6.07 Å². The van der Waals surface area contributed by atoms with Gasteiger partial charge >= 0.3 is 0 Å². The van der Waals surface area contributed by atoms with Gasteiger partial charge in [0.1, 0.15) is 19.0 Å². The molecule has 6 heteroatoms. The molecule has 0 atom stereocenters. The van der Waals surface area contributed by atoms with E-state index < -0.39 is 5.82 Å². The Bertz CT molecular complexity index is 736. The van der Waals surface area contributed by atoms with E-state index >= 15 is 0 Å². The maximum atomic E-state index is 13.7. The second kappa shape index (κ2) is 7.00. The van der Waals surface area contributed by atoms with Crippen molar-refractivity contribution in [2.75, 3.05) is 18.5 Å². The topological polar surface area (TPSA) is 47.6 Å². The first-order valence-corrected chi connectivity index (χ1v) is 8.04. The Kier molecular flexibility index (Phi) is 4.81. The zero-order valence-electron chi connectivity index (χ0n) is 12.3. The molecule has 2 aromatic rings. The van der Waals surface area contributed by atoms with E-state index in [1.807, 2.05) is 18.2 Å². The van der Waals surface area contributed by atoms with Gasteiger partial charge in [-0.05, 0) is 42.3 Å². The lowest BCUT2D eigenvalue weighted by Gasteiger charge is -2.18. The van der Waals surface area contributed by atoms with Crippen molar-refractivity contribution in [3.8, 4) is 11.5 Å². The fraction of sp³-hybridized carbons (Fsp3) is 0.235. The molecule has 4 nitrogen and oxygen atoms in total. The summed E-state index contributed by atoms with van der Waals surface area (Å²) in [4.78, 5) is 12.0. The smallest absolute Gasteiger partial charge is 0.224 e. The van der Waals surface area contributed by atoms with Crippen LogP contribution in [-0.2, 0) is 11.2 Å². The van der Waals surface area contributed by atoms with Crippen LogP contribution in [0.3, 0.4) is 0 Å². The molecule has 0 aliphatic carbocycles. The molecule has 0 spiro atoms. The number of nitrogens with one attached hydrogen (secondary N) is 1. The third kappa shape index (κ3) is 4.01. The van der Waals surface area contributed by atoms with Gasteiger partial charge in [0.05, 0.1) is 5.69 Å². The van der Waals surface area contributed by atoms with Gasteiger partial charge in [0.15, 0.2) is 11.5 Å². The lowest BCUT2D eigenvalue weighted by Crippen LogP contribution is -2.16. The molecule has 0 saturated carbocycles. The highest BCUT2D eigenvalue weighted by Crippen LogP contribution is 2.31. The number of aryl methyl sites for hydroxylation is 1. The third-order valence-corrected chi connectivity index (χ3v) is 3.95. The molecule has 0 aromatic heterocycles. The molecule has 120 valence electrons. The fourth-order valence-electron chi connectivity index (χ4n) is 2.30. The van der Waals surface area contributed by atoms with Crippen LogP contribution in [0.25, 0.3) is 0 Å². The highest BCUT2D eigenvalue weighted by atomic mass is 79.9. The van der Waals surface area contributed by atoms with Gasteiger partial charge < -0.3 is 14.8 Å². The van der Waals surface area contributed by atoms with Crippen LogP contribution in [0, 0.1) is 5.82 Å². The highest BCUT2D eigenvalue weighted by molar-refractivity contribution is 9.10. The normalized spacial score (nSPS) is 12.8. The first-order chi connectivity index (χ1) is 11.1. The number of benzene rings is 2. The second-order valence-electron chi connectivity index (χ2n) is 5.15. The largest absolute Gasteiger partial charge is 0.486 e. The molecular weight excluding hydrogens is 365 g/mol. The van der Waals surface area contributed by atoms with Gasteiger partial charge in [-0.25, -0.2) is 4.39 Å². The minimum absolute atomic E-state index is 0.181. The van der Waals surface area contributed by atoms with Crippen molar-refractivity contribution >= 4 is 27.5 Å². The number of carbonyl (C=O) groups is 1. The van der Waals surface area contributed by atoms with Gasteiger partial charge in [-0.1, -0.05) is 22.0 Å². The molecule has 0 unspecified atom stereocenters. The molecule has 0 fully saturated rings. The van der Waals surface area contributed by atoms with Gasteiger partial charge in [-0.3, -0.25) is 4.79 Å². The summed E-state index contributed by atoms with van der Waals surface area (Å²) >= 11 is 3.18. The number of halogens is 2. The Hall–Kier alpha value is -2.08. The van der Waals surface area contributed by atoms with Crippen molar-refractivity contribution in [1.82, 2.24) is 0 Å². The first-order valence-electron chi connectivity index (χ1n) is 7.25. The van der Waals surface area contributed by atoms with Crippen LogP contribution in [0.1, 0.15) is 12.0 Å². The monoisotopic (exact) mass is 379 g/mol. The van der Waals surface area contributed by atoms with E-state index in [1.165, 1.54) is 12.1 Å². The van der Waals surface area contributed by atoms with Crippen LogP contribution in [0.5, 0.6) is 11.5 Å². The summed E-state index contributed by atoms with van der Waals surface area (Å²) in [6, 6.07) is 10.1. The number of hydrogen-bond donors (Lipinski definition) is 1. The van der Waals surface area contributed by atoms with Gasteiger partial charge in [-0.2, -0.15) is 0 Å². The summed E-state index contributed by atoms with van der Waals surface area (Å²) in [7, 11) is 0. The van der Waals surface area contributed by atoms with E-state index in [9.17, 15) is 9.18 Å². The number of carbonyl (C=O) groups excluding carboxylic acids is 1. The SMILES string of the molecule is O=C(CCc1ccc2c(c1)OCCO2)Nc1ccc(Br)cc1F. The molecule has 2 aromatic carbocycles. The van der Waals surface area contributed by atoms with E-state index in [0.717, 1.165) is 11.3 Å². The van der Waals surface area contributed by atoms with Crippen molar-refractivity contribution in [2.45, 2.75) is 12.8 Å². The Morgan fingerprint density at radius 3 is 2.70 bits per heavy atom. The Labute approximate surface area is 141 Å². The van der Waals surface area contributed by atoms with Crippen LogP contribution in [-0.4, -0.2) is 19.1 Å². The third-order valence-electron chi connectivity index (χ3n) is 3.45. The predicted molar refractivity (Wildman–Crippen MR) is 88.5 cm³/mol. The number of amides is 1. The van der Waals surface area contributed by atoms with Crippen LogP contribution >= 0.6 is 15.9 Å². The second-order valence-corrected chi connectivity index (χ2v) is 6.07. The van der Waals surface area contributed by atoms with Gasteiger partial charge in [0.2, 0.25) is 5.91 Å². The van der Waals surface area contributed by atoms with Crippen molar-refractivity contribution in [2.24, 2.45) is 0 Å². The molecule has 0 radical (unpaired) electrons. The van der Waals surface area contributed by atoms with Crippen LogP contribution in [0.4, 0.5) is 10.1 Å². The first kappa shape index (κ1) is 15.8. The van der Waals surface area contributed by atoms with Gasteiger partial charge in [0, 0.05) is 10.9 Å². The van der Waals surface area contributed by atoms with Gasteiger partial charge in [-0.15, -0.1) is 0 Å². The Morgan fingerprint density at radius 2 is 1.91 bits per heavy atom. The molecule has 3 rings (SSSR count). The van der Waals surface area contributed by atoms with Crippen molar-refractivity contribution in [3.63, 3.8) is 0 Å². The van der Waals surface area contributed by atoms with E-state index in [0.29, 0.717) is 29.9 Å². The number of ether oxygens (including phenoxy) is 2. The van der Waals surface area contributed by atoms with E-state index in [-0.39, 0.29) is 18.0 Å². The maximum absolute atomic E-state index is 13.7. The zero-order chi connectivity index (χ0) is 16.2. The zero-order valence-corrected chi connectivity index (χ0v) is 13.9. The molecule has 1 N–H and O–H groups in total. The molecular formula is C17H15BrFNO3. The highest BCUT2D eigenvalue weighted by Gasteiger charge is 2.13. The molecule has 0 saturated heterocycles. The van der Waals surface area contributed by atoms with Crippen LogP contribution < -0.4 is 14.8 Å². The van der Waals surface area contributed by atoms with Crippen LogP contribution in [0.2, 0.25) is 0 Å². The van der Waals surface area contributed by atoms with Crippen molar-refractivity contribution in [1.29, 1.82) is 0 Å². The minimum atomic E-state index is -0.466. The fourth-order valence-corrected chi connectivity index (χ4v) is 2.64. The molecule has 23 heavy (non-hydrogen) atoms. The number of rotatable bonds is 4.